The molecule has 15 N–H and O–H groups in total. The van der Waals surface area contributed by atoms with Crippen LogP contribution >= 0.6 is 0 Å². The largest absolute Gasteiger partial charge is 0.481 e. The number of halogens is 1. The van der Waals surface area contributed by atoms with E-state index in [4.69, 9.17) is 11.5 Å². The number of aryl methyl sites for hydroxylation is 1. The molecule has 380 valence electrons. The number of carboxylic acid groups (broad SMARTS) is 1. The third kappa shape index (κ3) is 17.7. The molecule has 4 rings (SSSR count). The molecule has 0 radical (unpaired) electrons. The zero-order valence-electron chi connectivity index (χ0n) is 38.2. The molecule has 2 fully saturated rings. The Kier molecular flexibility index (Phi) is 21.7. The molecule has 1 saturated carbocycles. The molecule has 0 spiro atoms. The number of aliphatic hydroxyl groups excluding tert-OH is 3. The van der Waals surface area contributed by atoms with Crippen LogP contribution < -0.4 is 48.7 Å². The summed E-state index contributed by atoms with van der Waals surface area (Å²) in [5.41, 5.74) is 12.0. The van der Waals surface area contributed by atoms with Gasteiger partial charge in [0.1, 0.15) is 42.9 Å². The standard InChI is InChI=1S/C43H64FN13O12/c1-23-37(64)53-31(19-33(59)60)42(69)54-30(17-24-9-3-2-4-10-24)41(68)52-28(40(67)51-29(39(66)50-23)13-8-16-48-43(45)46)12-5-6-15-47-38(65)27-18-25(34(61)36(63)35(27)62)20-49-32(58)22-57-21-26(55-56-57)11-7-14-44/h2-4,9-10,21,23,25,27-31,34-36,61-63H,5-8,11-20,22H2,1H3,(H,47,65)(H,49,58)(H,50,66)(H,51,67)(H,52,68)(H,53,64)(H,54,69)(H,59,60)(H4,45,46,48)/t23-,25+,27?,28-,29-,30+,31-,34+,35+,36?/m0/s1/i44-1. The van der Waals surface area contributed by atoms with Crippen LogP contribution in [0.3, 0.4) is 0 Å². The molecule has 1 aromatic carbocycles. The molecule has 25 nitrogen and oxygen atoms in total. The summed E-state index contributed by atoms with van der Waals surface area (Å²) in [6.07, 6.45) is -3.41. The first-order valence-corrected chi connectivity index (χ1v) is 22.7. The fourth-order valence-electron chi connectivity index (χ4n) is 7.81. The van der Waals surface area contributed by atoms with E-state index in [1.54, 1.807) is 30.3 Å². The topological polar surface area (TPSA) is 397 Å². The predicted molar refractivity (Wildman–Crippen MR) is 241 cm³/mol. The number of unbranched alkanes of at least 4 members (excludes halogenated alkanes) is 1. The number of hydrogen-bond acceptors (Lipinski definition) is 14. The van der Waals surface area contributed by atoms with Crippen molar-refractivity contribution in [1.82, 2.24) is 52.2 Å². The lowest BCUT2D eigenvalue weighted by molar-refractivity contribution is -0.155. The summed E-state index contributed by atoms with van der Waals surface area (Å²) in [4.78, 5) is 110. The van der Waals surface area contributed by atoms with Crippen molar-refractivity contribution in [2.45, 2.75) is 126 Å². The number of rotatable bonds is 21. The molecule has 2 unspecified atom stereocenters. The van der Waals surface area contributed by atoms with Crippen molar-refractivity contribution in [1.29, 1.82) is 0 Å². The monoisotopic (exact) mass is 972 g/mol. The average Bonchev–Trinajstić information content (AvgIpc) is 3.75. The van der Waals surface area contributed by atoms with Crippen molar-refractivity contribution in [2.75, 3.05) is 26.3 Å². The highest BCUT2D eigenvalue weighted by Gasteiger charge is 2.45. The Morgan fingerprint density at radius 2 is 1.42 bits per heavy atom. The minimum Gasteiger partial charge on any atom is -0.481 e. The van der Waals surface area contributed by atoms with Gasteiger partial charge in [-0.25, -0.2) is 4.68 Å². The minimum absolute atomic E-state index is 0.0119. The number of nitrogens with two attached hydrogens (primary N) is 2. The maximum atomic E-state index is 14.1. The first kappa shape index (κ1) is 54.8. The molecule has 26 heteroatoms. The Hall–Kier alpha value is -6.80. The van der Waals surface area contributed by atoms with Gasteiger partial charge in [-0.15, -0.1) is 5.10 Å². The van der Waals surface area contributed by atoms with Crippen LogP contribution in [0.25, 0.3) is 0 Å². The van der Waals surface area contributed by atoms with Crippen LogP contribution in [0, 0.1) is 11.8 Å². The van der Waals surface area contributed by atoms with Crippen molar-refractivity contribution < 1.29 is 63.2 Å². The van der Waals surface area contributed by atoms with Gasteiger partial charge in [0.05, 0.1) is 36.9 Å². The van der Waals surface area contributed by atoms with E-state index in [-0.39, 0.29) is 83.5 Å². The fourth-order valence-corrected chi connectivity index (χ4v) is 7.81. The minimum atomic E-state index is -1.72. The second-order valence-corrected chi connectivity index (χ2v) is 17.1. The number of benzene rings is 1. The second-order valence-electron chi connectivity index (χ2n) is 17.1. The molecular formula is C43H64FN13O12. The van der Waals surface area contributed by atoms with Gasteiger partial charge in [-0.1, -0.05) is 35.5 Å². The van der Waals surface area contributed by atoms with Gasteiger partial charge in [-0.2, -0.15) is 0 Å². The Labute approximate surface area is 396 Å². The van der Waals surface area contributed by atoms with E-state index >= 15 is 0 Å². The summed E-state index contributed by atoms with van der Waals surface area (Å²) < 4.78 is 13.8. The van der Waals surface area contributed by atoms with Crippen molar-refractivity contribution in [3.05, 3.63) is 47.8 Å². The molecule has 1 saturated heterocycles. The third-order valence-electron chi connectivity index (χ3n) is 11.6. The number of nitrogens with zero attached hydrogens (tertiary/aromatic N) is 4. The summed E-state index contributed by atoms with van der Waals surface area (Å²) in [7, 11) is 0. The quantitative estimate of drug-likeness (QED) is 0.0319. The number of carboxylic acids is 1. The highest BCUT2D eigenvalue weighted by molar-refractivity contribution is 5.98. The maximum Gasteiger partial charge on any atom is 0.305 e. The van der Waals surface area contributed by atoms with Crippen LogP contribution in [0.2, 0.25) is 0 Å². The average molecular weight is 973 g/mol. The van der Waals surface area contributed by atoms with Gasteiger partial charge in [0, 0.05) is 38.2 Å². The number of amides is 7. The molecule has 2 heterocycles. The molecule has 1 aliphatic heterocycles. The van der Waals surface area contributed by atoms with E-state index in [0.717, 1.165) is 0 Å². The number of carbonyl (C=O) groups excluding carboxylic acids is 7. The van der Waals surface area contributed by atoms with Gasteiger partial charge in [0.25, 0.3) is 0 Å². The number of aliphatic carboxylic acids is 1. The van der Waals surface area contributed by atoms with Crippen molar-refractivity contribution >= 4 is 53.3 Å². The molecular weight excluding hydrogens is 909 g/mol. The van der Waals surface area contributed by atoms with Crippen LogP contribution in [0.15, 0.2) is 41.5 Å². The van der Waals surface area contributed by atoms with E-state index in [1.807, 2.05) is 0 Å². The number of aromatic nitrogens is 3. The van der Waals surface area contributed by atoms with Gasteiger partial charge in [-0.05, 0) is 63.9 Å². The van der Waals surface area contributed by atoms with Crippen molar-refractivity contribution in [3.63, 3.8) is 0 Å². The van der Waals surface area contributed by atoms with Crippen LogP contribution in [-0.2, 0) is 57.7 Å². The summed E-state index contributed by atoms with van der Waals surface area (Å²) in [5, 5.41) is 67.4. The van der Waals surface area contributed by atoms with E-state index in [0.29, 0.717) is 17.7 Å². The SMILES string of the molecule is C[C@@H]1NC(=O)[C@H](CCCN=C(N)N)NC(=O)[C@H](CCCCNC(=O)C2C[C@H](CNC(=O)Cn3cc(CCC[18F])nn3)[C@@H](O)C(O)[C@@H]2O)NC(=O)[C@@H](Cc2ccccc2)NC(=O)[C@H](CC(=O)O)NC1=O. The van der Waals surface area contributed by atoms with Crippen LogP contribution in [0.1, 0.15) is 69.5 Å². The van der Waals surface area contributed by atoms with Crippen molar-refractivity contribution in [2.24, 2.45) is 28.3 Å². The number of aliphatic imine (C=N–C) groups is 1. The molecule has 7 amide bonds. The van der Waals surface area contributed by atoms with Crippen molar-refractivity contribution in [3.8, 4) is 0 Å². The first-order chi connectivity index (χ1) is 32.9. The van der Waals surface area contributed by atoms with E-state index in [2.05, 4.69) is 52.5 Å². The van der Waals surface area contributed by atoms with Gasteiger partial charge < -0.3 is 69.1 Å². The number of hydrogen-bond donors (Lipinski definition) is 13. The summed E-state index contributed by atoms with van der Waals surface area (Å²) >= 11 is 0. The molecule has 1 aromatic heterocycles. The number of aliphatic hydroxyl groups is 3. The number of guanidine groups is 1. The highest BCUT2D eigenvalue weighted by atomic mass is 18.2. The normalized spacial score (nSPS) is 25.8. The fraction of sp³-hybridized carbons (Fsp3) is 0.605. The van der Waals surface area contributed by atoms with E-state index in [1.165, 1.54) is 17.8 Å². The van der Waals surface area contributed by atoms with Gasteiger partial charge in [0.2, 0.25) is 41.4 Å². The Bertz CT molecular complexity index is 2110. The molecule has 69 heavy (non-hydrogen) atoms. The van der Waals surface area contributed by atoms with Gasteiger partial charge >= 0.3 is 5.97 Å². The van der Waals surface area contributed by atoms with Gasteiger partial charge in [0.15, 0.2) is 5.96 Å². The third-order valence-corrected chi connectivity index (χ3v) is 11.6. The molecule has 10 atom stereocenters. The number of nitrogens with one attached hydrogen (secondary N) is 7. The first-order valence-electron chi connectivity index (χ1n) is 22.7. The predicted octanol–water partition coefficient (Wildman–Crippen LogP) is -4.47. The number of alkyl halides is 1. The molecule has 1 aliphatic carbocycles. The Morgan fingerprint density at radius 3 is 2.09 bits per heavy atom. The maximum absolute atomic E-state index is 14.1. The van der Waals surface area contributed by atoms with Crippen LogP contribution in [0.5, 0.6) is 0 Å². The van der Waals surface area contributed by atoms with Crippen LogP contribution in [0.4, 0.5) is 4.39 Å². The molecule has 2 aromatic rings. The van der Waals surface area contributed by atoms with Crippen LogP contribution in [-0.4, -0.2) is 164 Å². The summed E-state index contributed by atoms with van der Waals surface area (Å²) in [6.45, 7) is 0.435. The highest BCUT2D eigenvalue weighted by Crippen LogP contribution is 2.30. The Morgan fingerprint density at radius 1 is 0.797 bits per heavy atom. The van der Waals surface area contributed by atoms with E-state index in [9.17, 15) is 63.2 Å². The summed E-state index contributed by atoms with van der Waals surface area (Å²) in [5.74, 6) is -9.28. The summed E-state index contributed by atoms with van der Waals surface area (Å²) in [6, 6.07) is 1.44. The second kappa shape index (κ2) is 27.3. The molecule has 2 aliphatic rings. The zero-order chi connectivity index (χ0) is 50.6. The lowest BCUT2D eigenvalue weighted by Crippen LogP contribution is -2.58. The lowest BCUT2D eigenvalue weighted by atomic mass is 9.75. The van der Waals surface area contributed by atoms with Gasteiger partial charge in [-0.3, -0.25) is 47.7 Å². The Balaban J connectivity index is 1.46. The number of carbonyl (C=O) groups is 8. The molecule has 0 bridgehead atoms. The smallest absolute Gasteiger partial charge is 0.305 e. The lowest BCUT2D eigenvalue weighted by Gasteiger charge is -2.39. The zero-order valence-corrected chi connectivity index (χ0v) is 38.2. The van der Waals surface area contributed by atoms with E-state index < -0.39 is 121 Å².